The Labute approximate surface area is 175 Å². The molecule has 0 aliphatic carbocycles. The number of pyridine rings is 1. The van der Waals surface area contributed by atoms with Gasteiger partial charge in [-0.1, -0.05) is 6.92 Å². The van der Waals surface area contributed by atoms with E-state index < -0.39 is 29.5 Å². The van der Waals surface area contributed by atoms with E-state index in [4.69, 9.17) is 4.74 Å². The second-order valence-corrected chi connectivity index (χ2v) is 6.93. The van der Waals surface area contributed by atoms with Gasteiger partial charge in [-0.05, 0) is 24.1 Å². The minimum Gasteiger partial charge on any atom is -0.487 e. The third-order valence-corrected chi connectivity index (χ3v) is 4.78. The van der Waals surface area contributed by atoms with Crippen LogP contribution in [0.25, 0.3) is 0 Å². The maximum Gasteiger partial charge on any atom is 0.279 e. The van der Waals surface area contributed by atoms with Crippen molar-refractivity contribution < 1.29 is 22.7 Å². The number of anilines is 2. The van der Waals surface area contributed by atoms with Crippen molar-refractivity contribution in [2.75, 3.05) is 23.3 Å². The van der Waals surface area contributed by atoms with Gasteiger partial charge in [0.2, 0.25) is 0 Å². The number of aryl methyl sites for hydroxylation is 1. The summed E-state index contributed by atoms with van der Waals surface area (Å²) in [5, 5.41) is 2.72. The summed E-state index contributed by atoms with van der Waals surface area (Å²) in [6.07, 6.45) is 4.88. The Morgan fingerprint density at radius 2 is 1.81 bits per heavy atom. The Morgan fingerprint density at radius 3 is 2.52 bits per heavy atom. The molecule has 3 aromatic rings. The highest BCUT2D eigenvalue weighted by Gasteiger charge is 2.33. The van der Waals surface area contributed by atoms with Gasteiger partial charge in [-0.3, -0.25) is 4.79 Å². The standard InChI is InChI=1S/C21H18F3N5O2/c1-2-12-3-4-25-17(7-12)28-21(30)19-20(27-6-5-26-19)29-10-14(11-29)31-13-8-15(22)18(24)16(23)9-13/h3-9,14H,2,10-11H2,1H3,(H,25,28,30). The third kappa shape index (κ3) is 4.42. The predicted molar refractivity (Wildman–Crippen MR) is 107 cm³/mol. The first-order chi connectivity index (χ1) is 14.9. The largest absolute Gasteiger partial charge is 0.487 e. The number of halogens is 3. The van der Waals surface area contributed by atoms with Crippen LogP contribution in [0.4, 0.5) is 24.8 Å². The molecule has 7 nitrogen and oxygen atoms in total. The lowest BCUT2D eigenvalue weighted by molar-refractivity contribution is 0.102. The van der Waals surface area contributed by atoms with Crippen molar-refractivity contribution in [3.63, 3.8) is 0 Å². The Balaban J connectivity index is 1.43. The second-order valence-electron chi connectivity index (χ2n) is 6.93. The number of hydrogen-bond donors (Lipinski definition) is 1. The lowest BCUT2D eigenvalue weighted by Gasteiger charge is -2.40. The molecule has 1 N–H and O–H groups in total. The molecule has 1 amide bonds. The molecule has 0 radical (unpaired) electrons. The van der Waals surface area contributed by atoms with E-state index in [1.54, 1.807) is 17.2 Å². The Bertz CT molecular complexity index is 1100. The summed E-state index contributed by atoms with van der Waals surface area (Å²) in [6.45, 7) is 2.62. The van der Waals surface area contributed by atoms with Crippen molar-refractivity contribution in [2.45, 2.75) is 19.4 Å². The Hall–Kier alpha value is -3.69. The highest BCUT2D eigenvalue weighted by atomic mass is 19.2. The summed E-state index contributed by atoms with van der Waals surface area (Å²) in [4.78, 5) is 27.0. The molecule has 0 unspecified atom stereocenters. The number of nitrogens with one attached hydrogen (secondary N) is 1. The van der Waals surface area contributed by atoms with E-state index >= 15 is 0 Å². The van der Waals surface area contributed by atoms with Crippen molar-refractivity contribution in [3.05, 3.63) is 71.6 Å². The monoisotopic (exact) mass is 429 g/mol. The van der Waals surface area contributed by atoms with E-state index in [0.29, 0.717) is 24.7 Å². The van der Waals surface area contributed by atoms with Crippen LogP contribution >= 0.6 is 0 Å². The summed E-state index contributed by atoms with van der Waals surface area (Å²) in [5.74, 6) is -4.00. The maximum absolute atomic E-state index is 13.3. The van der Waals surface area contributed by atoms with Gasteiger partial charge in [-0.2, -0.15) is 0 Å². The zero-order valence-corrected chi connectivity index (χ0v) is 16.5. The van der Waals surface area contributed by atoms with E-state index in [-0.39, 0.29) is 11.4 Å². The molecule has 10 heteroatoms. The van der Waals surface area contributed by atoms with Crippen LogP contribution in [-0.2, 0) is 6.42 Å². The van der Waals surface area contributed by atoms with Crippen LogP contribution < -0.4 is 15.0 Å². The van der Waals surface area contributed by atoms with Crippen molar-refractivity contribution >= 4 is 17.5 Å². The van der Waals surface area contributed by atoms with Gasteiger partial charge in [-0.25, -0.2) is 28.1 Å². The van der Waals surface area contributed by atoms with Crippen LogP contribution in [0.5, 0.6) is 5.75 Å². The molecule has 0 bridgehead atoms. The summed E-state index contributed by atoms with van der Waals surface area (Å²) in [5.41, 5.74) is 1.14. The number of carbonyl (C=O) groups is 1. The van der Waals surface area contributed by atoms with Crippen molar-refractivity contribution in [3.8, 4) is 5.75 Å². The molecule has 31 heavy (non-hydrogen) atoms. The van der Waals surface area contributed by atoms with E-state index in [0.717, 1.165) is 24.1 Å². The molecule has 0 saturated carbocycles. The lowest BCUT2D eigenvalue weighted by Crippen LogP contribution is -2.54. The summed E-state index contributed by atoms with van der Waals surface area (Å²) < 4.78 is 45.3. The molecular weight excluding hydrogens is 411 g/mol. The van der Waals surface area contributed by atoms with Crippen molar-refractivity contribution in [1.82, 2.24) is 15.0 Å². The van der Waals surface area contributed by atoms with Crippen LogP contribution in [0.3, 0.4) is 0 Å². The number of ether oxygens (including phenoxy) is 1. The molecule has 1 fully saturated rings. The average Bonchev–Trinajstić information content (AvgIpc) is 2.74. The number of hydrogen-bond acceptors (Lipinski definition) is 6. The predicted octanol–water partition coefficient (Wildman–Crippen LogP) is 3.37. The summed E-state index contributed by atoms with van der Waals surface area (Å²) in [7, 11) is 0. The van der Waals surface area contributed by atoms with Gasteiger partial charge in [0.05, 0.1) is 13.1 Å². The fourth-order valence-corrected chi connectivity index (χ4v) is 3.14. The number of benzene rings is 1. The number of carbonyl (C=O) groups excluding carboxylic acids is 1. The van der Waals surface area contributed by atoms with Gasteiger partial charge in [0.15, 0.2) is 29.0 Å². The normalized spacial score (nSPS) is 13.6. The molecule has 0 spiro atoms. The van der Waals surface area contributed by atoms with Crippen LogP contribution in [0.2, 0.25) is 0 Å². The zero-order valence-electron chi connectivity index (χ0n) is 16.5. The van der Waals surface area contributed by atoms with Gasteiger partial charge in [0, 0.05) is 30.7 Å². The lowest BCUT2D eigenvalue weighted by atomic mass is 10.1. The highest BCUT2D eigenvalue weighted by molar-refractivity contribution is 6.05. The number of rotatable bonds is 6. The smallest absolute Gasteiger partial charge is 0.279 e. The Kier molecular flexibility index (Phi) is 5.70. The van der Waals surface area contributed by atoms with Gasteiger partial charge < -0.3 is 15.0 Å². The first-order valence-corrected chi connectivity index (χ1v) is 9.58. The molecule has 3 heterocycles. The number of aromatic nitrogens is 3. The molecule has 1 saturated heterocycles. The third-order valence-electron chi connectivity index (χ3n) is 4.78. The second kappa shape index (κ2) is 8.58. The fraction of sp³-hybridized carbons (Fsp3) is 0.238. The Morgan fingerprint density at radius 1 is 1.10 bits per heavy atom. The van der Waals surface area contributed by atoms with Gasteiger partial charge in [0.1, 0.15) is 17.7 Å². The molecule has 1 aromatic carbocycles. The van der Waals surface area contributed by atoms with E-state index in [1.807, 2.05) is 13.0 Å². The minimum atomic E-state index is -1.54. The average molecular weight is 429 g/mol. The van der Waals surface area contributed by atoms with Gasteiger partial charge in [0.25, 0.3) is 5.91 Å². The first-order valence-electron chi connectivity index (χ1n) is 9.58. The van der Waals surface area contributed by atoms with Crippen LogP contribution in [0, 0.1) is 17.5 Å². The SMILES string of the molecule is CCc1ccnc(NC(=O)c2nccnc2N2CC(Oc3cc(F)c(F)c(F)c3)C2)c1. The van der Waals surface area contributed by atoms with Crippen LogP contribution in [0.15, 0.2) is 42.9 Å². The van der Waals surface area contributed by atoms with Crippen LogP contribution in [-0.4, -0.2) is 40.1 Å². The molecule has 1 aliphatic rings. The number of nitrogens with zero attached hydrogens (tertiary/aromatic N) is 4. The van der Waals surface area contributed by atoms with E-state index in [9.17, 15) is 18.0 Å². The molecule has 4 rings (SSSR count). The van der Waals surface area contributed by atoms with Crippen molar-refractivity contribution in [1.29, 1.82) is 0 Å². The molecule has 0 atom stereocenters. The first kappa shape index (κ1) is 20.6. The topological polar surface area (TPSA) is 80.2 Å². The van der Waals surface area contributed by atoms with Gasteiger partial charge >= 0.3 is 0 Å². The maximum atomic E-state index is 13.3. The van der Waals surface area contributed by atoms with Crippen LogP contribution in [0.1, 0.15) is 23.0 Å². The number of amides is 1. The summed E-state index contributed by atoms with van der Waals surface area (Å²) in [6, 6.07) is 5.23. The summed E-state index contributed by atoms with van der Waals surface area (Å²) >= 11 is 0. The quantitative estimate of drug-likeness (QED) is 0.606. The molecule has 1 aliphatic heterocycles. The van der Waals surface area contributed by atoms with Crippen molar-refractivity contribution in [2.24, 2.45) is 0 Å². The van der Waals surface area contributed by atoms with E-state index in [1.165, 1.54) is 12.4 Å². The molecule has 160 valence electrons. The zero-order chi connectivity index (χ0) is 22.0. The van der Waals surface area contributed by atoms with Gasteiger partial charge in [-0.15, -0.1) is 0 Å². The minimum absolute atomic E-state index is 0.111. The highest BCUT2D eigenvalue weighted by Crippen LogP contribution is 2.26. The molecule has 2 aromatic heterocycles. The van der Waals surface area contributed by atoms with E-state index in [2.05, 4.69) is 20.3 Å². The molecular formula is C21H18F3N5O2. The fourth-order valence-electron chi connectivity index (χ4n) is 3.14.